The predicted octanol–water partition coefficient (Wildman–Crippen LogP) is 1.43. The molecule has 2 heterocycles. The molecular formula is C9H8BrN3O2. The zero-order valence-electron chi connectivity index (χ0n) is 7.94. The molecule has 0 aliphatic heterocycles. The topological polar surface area (TPSA) is 67.5 Å². The molecule has 0 bridgehead atoms. The Morgan fingerprint density at radius 1 is 1.60 bits per heavy atom. The van der Waals surface area contributed by atoms with E-state index in [1.807, 2.05) is 13.0 Å². The summed E-state index contributed by atoms with van der Waals surface area (Å²) < 4.78 is 2.19. The number of aliphatic carboxylic acids is 1. The van der Waals surface area contributed by atoms with Crippen molar-refractivity contribution < 1.29 is 9.90 Å². The number of carboxylic acids is 1. The van der Waals surface area contributed by atoms with Gasteiger partial charge in [-0.05, 0) is 35.0 Å². The van der Waals surface area contributed by atoms with E-state index in [1.54, 1.807) is 10.6 Å². The molecule has 0 radical (unpaired) electrons. The van der Waals surface area contributed by atoms with Crippen molar-refractivity contribution >= 4 is 27.5 Å². The second kappa shape index (κ2) is 3.62. The zero-order valence-corrected chi connectivity index (χ0v) is 9.52. The fourth-order valence-corrected chi connectivity index (χ4v) is 1.79. The number of hydrogen-bond acceptors (Lipinski definition) is 3. The first-order chi connectivity index (χ1) is 7.08. The average molecular weight is 270 g/mol. The Morgan fingerprint density at radius 2 is 2.33 bits per heavy atom. The summed E-state index contributed by atoms with van der Waals surface area (Å²) in [6.45, 7) is 1.86. The Bertz CT molecular complexity index is 535. The van der Waals surface area contributed by atoms with Crippen LogP contribution in [0, 0.1) is 6.92 Å². The minimum absolute atomic E-state index is 0.108. The second-order valence-corrected chi connectivity index (χ2v) is 3.92. The van der Waals surface area contributed by atoms with Crippen molar-refractivity contribution in [2.24, 2.45) is 0 Å². The maximum absolute atomic E-state index is 10.6. The van der Waals surface area contributed by atoms with Crippen LogP contribution in [0.1, 0.15) is 11.4 Å². The monoisotopic (exact) mass is 269 g/mol. The van der Waals surface area contributed by atoms with Gasteiger partial charge in [0.05, 0.1) is 17.8 Å². The lowest BCUT2D eigenvalue weighted by molar-refractivity contribution is -0.136. The Hall–Kier alpha value is -1.43. The third kappa shape index (κ3) is 1.85. The van der Waals surface area contributed by atoms with Crippen LogP contribution in [0.15, 0.2) is 16.7 Å². The highest BCUT2D eigenvalue weighted by Gasteiger charge is 2.13. The normalized spacial score (nSPS) is 10.8. The van der Waals surface area contributed by atoms with Crippen LogP contribution in [0.3, 0.4) is 0 Å². The van der Waals surface area contributed by atoms with E-state index in [0.29, 0.717) is 15.9 Å². The quantitative estimate of drug-likeness (QED) is 0.896. The predicted molar refractivity (Wildman–Crippen MR) is 56.8 cm³/mol. The molecule has 2 aromatic heterocycles. The number of hydrogen-bond donors (Lipinski definition) is 1. The van der Waals surface area contributed by atoms with Gasteiger partial charge in [0.1, 0.15) is 4.60 Å². The third-order valence-corrected chi connectivity index (χ3v) is 2.73. The number of fused-ring (bicyclic) bond motifs is 1. The summed E-state index contributed by atoms with van der Waals surface area (Å²) in [5, 5.41) is 12.9. The van der Waals surface area contributed by atoms with E-state index in [9.17, 15) is 4.79 Å². The number of aryl methyl sites for hydroxylation is 1. The van der Waals surface area contributed by atoms with Crippen LogP contribution in [0.2, 0.25) is 0 Å². The molecule has 6 heteroatoms. The summed E-state index contributed by atoms with van der Waals surface area (Å²) in [7, 11) is 0. The number of rotatable bonds is 2. The summed E-state index contributed by atoms with van der Waals surface area (Å²) in [4.78, 5) is 14.7. The molecule has 2 aromatic rings. The molecule has 0 spiro atoms. The maximum atomic E-state index is 10.6. The van der Waals surface area contributed by atoms with Crippen molar-refractivity contribution in [2.45, 2.75) is 13.3 Å². The van der Waals surface area contributed by atoms with Crippen LogP contribution in [-0.4, -0.2) is 25.7 Å². The van der Waals surface area contributed by atoms with Crippen molar-refractivity contribution in [3.8, 4) is 0 Å². The van der Waals surface area contributed by atoms with Gasteiger partial charge in [-0.1, -0.05) is 0 Å². The molecule has 1 N–H and O–H groups in total. The second-order valence-electron chi connectivity index (χ2n) is 3.16. The Kier molecular flexibility index (Phi) is 2.44. The van der Waals surface area contributed by atoms with E-state index in [-0.39, 0.29) is 6.42 Å². The van der Waals surface area contributed by atoms with E-state index in [2.05, 4.69) is 26.0 Å². The Balaban J connectivity index is 2.59. The Morgan fingerprint density at radius 3 is 3.00 bits per heavy atom. The zero-order chi connectivity index (χ0) is 11.0. The van der Waals surface area contributed by atoms with Gasteiger partial charge >= 0.3 is 5.97 Å². The molecule has 0 unspecified atom stereocenters. The summed E-state index contributed by atoms with van der Waals surface area (Å²) in [6.07, 6.45) is -0.108. The summed E-state index contributed by atoms with van der Waals surface area (Å²) in [5.74, 6) is -0.907. The Labute approximate surface area is 93.9 Å². The van der Waals surface area contributed by atoms with E-state index >= 15 is 0 Å². The van der Waals surface area contributed by atoms with Gasteiger partial charge in [0, 0.05) is 0 Å². The fourth-order valence-electron chi connectivity index (χ4n) is 1.30. The van der Waals surface area contributed by atoms with Crippen LogP contribution in [0.25, 0.3) is 5.65 Å². The molecule has 0 saturated heterocycles. The first kappa shape index (κ1) is 10.1. The molecule has 2 rings (SSSR count). The SMILES string of the molecule is Cc1ccc2nc(CC(=O)O)c(Br)n2n1. The minimum Gasteiger partial charge on any atom is -0.481 e. The van der Waals surface area contributed by atoms with Crippen molar-refractivity contribution in [1.29, 1.82) is 0 Å². The number of aromatic nitrogens is 3. The third-order valence-electron chi connectivity index (χ3n) is 1.94. The van der Waals surface area contributed by atoms with Gasteiger partial charge in [-0.15, -0.1) is 0 Å². The lowest BCUT2D eigenvalue weighted by atomic mass is 10.3. The fraction of sp³-hybridized carbons (Fsp3) is 0.222. The molecule has 0 aliphatic rings. The molecule has 0 saturated carbocycles. The van der Waals surface area contributed by atoms with Crippen LogP contribution in [0.4, 0.5) is 0 Å². The largest absolute Gasteiger partial charge is 0.481 e. The van der Waals surface area contributed by atoms with Crippen molar-refractivity contribution in [3.05, 3.63) is 28.1 Å². The van der Waals surface area contributed by atoms with Gasteiger partial charge < -0.3 is 5.11 Å². The molecule has 0 atom stereocenters. The highest BCUT2D eigenvalue weighted by atomic mass is 79.9. The minimum atomic E-state index is -0.907. The van der Waals surface area contributed by atoms with Gasteiger partial charge in [-0.3, -0.25) is 4.79 Å². The van der Waals surface area contributed by atoms with Gasteiger partial charge in [0.25, 0.3) is 0 Å². The highest BCUT2D eigenvalue weighted by molar-refractivity contribution is 9.10. The van der Waals surface area contributed by atoms with Gasteiger partial charge in [0.2, 0.25) is 0 Å². The molecule has 78 valence electrons. The smallest absolute Gasteiger partial charge is 0.309 e. The van der Waals surface area contributed by atoms with Crippen LogP contribution < -0.4 is 0 Å². The molecule has 0 fully saturated rings. The van der Waals surface area contributed by atoms with Crippen LogP contribution >= 0.6 is 15.9 Å². The first-order valence-corrected chi connectivity index (χ1v) is 5.10. The lowest BCUT2D eigenvalue weighted by Crippen LogP contribution is -2.01. The molecule has 5 nitrogen and oxygen atoms in total. The number of carbonyl (C=O) groups is 1. The van der Waals surface area contributed by atoms with Crippen LogP contribution in [0.5, 0.6) is 0 Å². The van der Waals surface area contributed by atoms with Crippen molar-refractivity contribution in [2.75, 3.05) is 0 Å². The summed E-state index contributed by atoms with van der Waals surface area (Å²) in [5.41, 5.74) is 1.98. The van der Waals surface area contributed by atoms with E-state index in [0.717, 1.165) is 5.69 Å². The van der Waals surface area contributed by atoms with Gasteiger partial charge in [-0.25, -0.2) is 9.50 Å². The molecule has 0 aromatic carbocycles. The number of imidazole rings is 1. The number of halogens is 1. The number of carboxylic acid groups (broad SMARTS) is 1. The first-order valence-electron chi connectivity index (χ1n) is 4.30. The summed E-state index contributed by atoms with van der Waals surface area (Å²) >= 11 is 3.29. The van der Waals surface area contributed by atoms with Crippen molar-refractivity contribution in [1.82, 2.24) is 14.6 Å². The van der Waals surface area contributed by atoms with E-state index in [1.165, 1.54) is 0 Å². The maximum Gasteiger partial charge on any atom is 0.309 e. The van der Waals surface area contributed by atoms with E-state index < -0.39 is 5.97 Å². The molecule has 0 amide bonds. The highest BCUT2D eigenvalue weighted by Crippen LogP contribution is 2.18. The van der Waals surface area contributed by atoms with Crippen molar-refractivity contribution in [3.63, 3.8) is 0 Å². The van der Waals surface area contributed by atoms with Gasteiger partial charge in [-0.2, -0.15) is 5.10 Å². The van der Waals surface area contributed by atoms with E-state index in [4.69, 9.17) is 5.11 Å². The van der Waals surface area contributed by atoms with Crippen LogP contribution in [-0.2, 0) is 11.2 Å². The lowest BCUT2D eigenvalue weighted by Gasteiger charge is -1.95. The standard InChI is InChI=1S/C9H8BrN3O2/c1-5-2-3-7-11-6(4-8(14)15)9(10)13(7)12-5/h2-3H,4H2,1H3,(H,14,15). The molecule has 0 aliphatic carbocycles. The molecular weight excluding hydrogens is 262 g/mol. The summed E-state index contributed by atoms with van der Waals surface area (Å²) in [6, 6.07) is 3.64. The average Bonchev–Trinajstić information content (AvgIpc) is 2.44. The number of nitrogens with zero attached hydrogens (tertiary/aromatic N) is 3. The van der Waals surface area contributed by atoms with Gasteiger partial charge in [0.15, 0.2) is 5.65 Å². The molecule has 15 heavy (non-hydrogen) atoms.